The maximum atomic E-state index is 13.8. The highest BCUT2D eigenvalue weighted by molar-refractivity contribution is 5.98. The Morgan fingerprint density at radius 2 is 1.45 bits per heavy atom. The smallest absolute Gasteiger partial charge is 0.323 e. The second kappa shape index (κ2) is 10.7. The Morgan fingerprint density at radius 3 is 2.07 bits per heavy atom. The summed E-state index contributed by atoms with van der Waals surface area (Å²) >= 11 is 0. The molecule has 44 heavy (non-hydrogen) atoms. The fourth-order valence-electron chi connectivity index (χ4n) is 9.13. The average molecular weight is 601 g/mol. The summed E-state index contributed by atoms with van der Waals surface area (Å²) in [6.07, 6.45) is 4.68. The van der Waals surface area contributed by atoms with Gasteiger partial charge in [0, 0.05) is 62.1 Å². The summed E-state index contributed by atoms with van der Waals surface area (Å²) in [7, 11) is 0. The minimum absolute atomic E-state index is 0.0525. The van der Waals surface area contributed by atoms with Crippen molar-refractivity contribution in [1.29, 1.82) is 0 Å². The van der Waals surface area contributed by atoms with Gasteiger partial charge >= 0.3 is 12.0 Å². The molecule has 2 aliphatic heterocycles. The largest absolute Gasteiger partial charge is 0.480 e. The van der Waals surface area contributed by atoms with Crippen molar-refractivity contribution >= 4 is 40.7 Å². The van der Waals surface area contributed by atoms with E-state index >= 15 is 0 Å². The van der Waals surface area contributed by atoms with Crippen LogP contribution in [0.3, 0.4) is 0 Å². The summed E-state index contributed by atoms with van der Waals surface area (Å²) in [5, 5.41) is 13.0. The molecule has 5 fully saturated rings. The van der Waals surface area contributed by atoms with Crippen LogP contribution in [-0.4, -0.2) is 78.8 Å². The van der Waals surface area contributed by atoms with E-state index < -0.39 is 11.5 Å². The number of benzene rings is 2. The maximum Gasteiger partial charge on any atom is 0.323 e. The quantitative estimate of drug-likeness (QED) is 0.458. The topological polar surface area (TPSA) is 122 Å². The third kappa shape index (κ3) is 4.78. The Morgan fingerprint density at radius 1 is 0.841 bits per heavy atom. The summed E-state index contributed by atoms with van der Waals surface area (Å²) in [6, 6.07) is 16.7. The van der Waals surface area contributed by atoms with Crippen molar-refractivity contribution in [3.63, 3.8) is 0 Å². The minimum Gasteiger partial charge on any atom is -0.480 e. The van der Waals surface area contributed by atoms with Crippen LogP contribution >= 0.6 is 0 Å². The van der Waals surface area contributed by atoms with Crippen LogP contribution < -0.4 is 25.8 Å². The molecule has 0 aromatic heterocycles. The van der Waals surface area contributed by atoms with Crippen molar-refractivity contribution in [2.45, 2.75) is 57.5 Å². The number of rotatable bonds is 6. The van der Waals surface area contributed by atoms with Gasteiger partial charge in [-0.05, 0) is 100 Å². The summed E-state index contributed by atoms with van der Waals surface area (Å²) in [6.45, 7) is 7.74. The van der Waals surface area contributed by atoms with Crippen molar-refractivity contribution in [2.75, 3.05) is 54.0 Å². The van der Waals surface area contributed by atoms with Crippen molar-refractivity contribution < 1.29 is 19.5 Å². The van der Waals surface area contributed by atoms with Crippen LogP contribution in [0.25, 0.3) is 0 Å². The van der Waals surface area contributed by atoms with E-state index in [9.17, 15) is 19.5 Å². The first-order chi connectivity index (χ1) is 21.1. The van der Waals surface area contributed by atoms with Gasteiger partial charge < -0.3 is 26.0 Å². The lowest BCUT2D eigenvalue weighted by Gasteiger charge is -2.59. The molecule has 2 unspecified atom stereocenters. The number of nitrogens with two attached hydrogens (primary N) is 1. The molecule has 10 nitrogen and oxygen atoms in total. The predicted octanol–water partition coefficient (Wildman–Crippen LogP) is 4.02. The highest BCUT2D eigenvalue weighted by Crippen LogP contribution is 2.60. The number of anilines is 4. The number of carbonyl (C=O) groups is 3. The number of primary amides is 1. The van der Waals surface area contributed by atoms with Gasteiger partial charge in [-0.3, -0.25) is 19.4 Å². The fraction of sp³-hybridized carbons (Fsp3) is 0.559. The van der Waals surface area contributed by atoms with Crippen molar-refractivity contribution in [3.05, 3.63) is 48.5 Å². The Labute approximate surface area is 259 Å². The zero-order chi connectivity index (χ0) is 30.8. The van der Waals surface area contributed by atoms with Crippen LogP contribution in [0.4, 0.5) is 27.5 Å². The van der Waals surface area contributed by atoms with E-state index in [1.807, 2.05) is 28.0 Å². The van der Waals surface area contributed by atoms with Gasteiger partial charge in [0.2, 0.25) is 5.91 Å². The number of nitrogens with one attached hydrogen (secondary N) is 1. The number of fused-ring (bicyclic) bond motifs is 1. The Kier molecular flexibility index (Phi) is 7.03. The van der Waals surface area contributed by atoms with Gasteiger partial charge in [-0.15, -0.1) is 0 Å². The molecule has 4 saturated carbocycles. The van der Waals surface area contributed by atoms with Crippen LogP contribution in [0.2, 0.25) is 0 Å². The van der Waals surface area contributed by atoms with Crippen LogP contribution in [0.15, 0.2) is 48.5 Å². The molecule has 10 heteroatoms. The van der Waals surface area contributed by atoms with Gasteiger partial charge in [-0.1, -0.05) is 12.1 Å². The number of piperazine rings is 1. The molecular formula is C34H44N6O4. The van der Waals surface area contributed by atoms with Gasteiger partial charge in [0.25, 0.3) is 0 Å². The highest BCUT2D eigenvalue weighted by atomic mass is 16.4. The zero-order valence-electron chi connectivity index (χ0n) is 25.7. The van der Waals surface area contributed by atoms with Crippen molar-refractivity contribution in [1.82, 2.24) is 10.2 Å². The molecule has 4 N–H and O–H groups in total. The lowest BCUT2D eigenvalue weighted by molar-refractivity contribution is -0.149. The van der Waals surface area contributed by atoms with Gasteiger partial charge in [0.05, 0.1) is 11.4 Å². The molecule has 2 atom stereocenters. The first kappa shape index (κ1) is 29.0. The number of urea groups is 1. The first-order valence-corrected chi connectivity index (χ1v) is 16.1. The van der Waals surface area contributed by atoms with Crippen molar-refractivity contribution in [2.24, 2.45) is 28.9 Å². The van der Waals surface area contributed by atoms with E-state index in [0.717, 1.165) is 67.9 Å². The van der Waals surface area contributed by atoms with Crippen LogP contribution in [0.1, 0.15) is 46.0 Å². The standard InChI is InChI=1S/C34H44N6O4/c1-33(2,31(42)43)38-13-11-37(12-14-38)25-7-9-26(10-8-25)39-15-16-40(28-6-4-3-5-27(28)39)32(44)36-29-23-17-22-18-24(29)21-34(19-22,20-23)30(35)41/h3-10,22-24,29H,11-21H2,1-2H3,(H2,35,41)(H,36,44)(H,42,43)/t22?,23?,24?,29-,34+. The van der Waals surface area contributed by atoms with E-state index in [2.05, 4.69) is 45.4 Å². The number of carboxylic acids is 1. The average Bonchev–Trinajstić information content (AvgIpc) is 3.02. The maximum absolute atomic E-state index is 13.8. The lowest BCUT2D eigenvalue weighted by Crippen LogP contribution is -2.63. The van der Waals surface area contributed by atoms with Gasteiger partial charge in [-0.2, -0.15) is 0 Å². The number of amides is 3. The zero-order valence-corrected chi connectivity index (χ0v) is 25.7. The molecule has 234 valence electrons. The summed E-state index contributed by atoms with van der Waals surface area (Å²) < 4.78 is 0. The normalized spacial score (nSPS) is 29.8. The molecular weight excluding hydrogens is 556 g/mol. The summed E-state index contributed by atoms with van der Waals surface area (Å²) in [5.74, 6) is 0.248. The number of aliphatic carboxylic acids is 1. The monoisotopic (exact) mass is 600 g/mol. The third-order valence-electron chi connectivity index (χ3n) is 11.5. The Bertz CT molecular complexity index is 1440. The number of para-hydroxylation sites is 2. The highest BCUT2D eigenvalue weighted by Gasteiger charge is 2.58. The molecule has 4 bridgehead atoms. The third-order valence-corrected chi connectivity index (χ3v) is 11.5. The second-order valence-corrected chi connectivity index (χ2v) is 14.2. The number of carboxylic acid groups (broad SMARTS) is 1. The predicted molar refractivity (Wildman–Crippen MR) is 170 cm³/mol. The molecule has 2 heterocycles. The number of hydrogen-bond donors (Lipinski definition) is 3. The Hall–Kier alpha value is -3.79. The molecule has 0 radical (unpaired) electrons. The van der Waals surface area contributed by atoms with E-state index in [1.54, 1.807) is 13.8 Å². The molecule has 2 aromatic carbocycles. The molecule has 3 amide bonds. The number of hydrogen-bond acceptors (Lipinski definition) is 6. The van der Waals surface area contributed by atoms with E-state index in [-0.39, 0.29) is 23.4 Å². The SMILES string of the molecule is CC(C)(C(=O)O)N1CCN(c2ccc(N3CCN(C(=O)N[C@H]4C5CC6CC4C[C@@](C(N)=O)(C6)C5)c4ccccc43)cc2)CC1. The fourth-order valence-corrected chi connectivity index (χ4v) is 9.13. The number of carbonyl (C=O) groups excluding carboxylic acids is 2. The van der Waals surface area contributed by atoms with E-state index in [1.165, 1.54) is 0 Å². The molecule has 1 saturated heterocycles. The molecule has 6 aliphatic rings. The lowest BCUT2D eigenvalue weighted by atomic mass is 9.47. The molecule has 4 aliphatic carbocycles. The van der Waals surface area contributed by atoms with Gasteiger partial charge in [0.1, 0.15) is 5.54 Å². The molecule has 0 spiro atoms. The minimum atomic E-state index is -0.869. The summed E-state index contributed by atoms with van der Waals surface area (Å²) in [5.41, 5.74) is 8.75. The molecule has 2 aromatic rings. The summed E-state index contributed by atoms with van der Waals surface area (Å²) in [4.78, 5) is 46.4. The van der Waals surface area contributed by atoms with Crippen LogP contribution in [0.5, 0.6) is 0 Å². The van der Waals surface area contributed by atoms with E-state index in [4.69, 9.17) is 5.73 Å². The van der Waals surface area contributed by atoms with Crippen LogP contribution in [-0.2, 0) is 9.59 Å². The molecule has 8 rings (SSSR count). The van der Waals surface area contributed by atoms with Gasteiger partial charge in [0.15, 0.2) is 0 Å². The van der Waals surface area contributed by atoms with E-state index in [0.29, 0.717) is 43.9 Å². The van der Waals surface area contributed by atoms with Crippen molar-refractivity contribution in [3.8, 4) is 0 Å². The first-order valence-electron chi connectivity index (χ1n) is 16.1. The number of nitrogens with zero attached hydrogens (tertiary/aromatic N) is 4. The second-order valence-electron chi connectivity index (χ2n) is 14.2. The van der Waals surface area contributed by atoms with Gasteiger partial charge in [-0.25, -0.2) is 4.79 Å². The van der Waals surface area contributed by atoms with Crippen LogP contribution in [0, 0.1) is 23.2 Å². The Balaban J connectivity index is 1.03.